The molecule has 2 aromatic carbocycles. The lowest BCUT2D eigenvalue weighted by Gasteiger charge is -2.65. The maximum absolute atomic E-state index is 13.7. The van der Waals surface area contributed by atoms with Gasteiger partial charge in [0.15, 0.2) is 18.3 Å². The first-order valence-electron chi connectivity index (χ1n) is 15.2. The van der Waals surface area contributed by atoms with Gasteiger partial charge in [-0.25, -0.2) is 9.59 Å². The van der Waals surface area contributed by atoms with Gasteiger partial charge in [0, 0.05) is 32.8 Å². The van der Waals surface area contributed by atoms with Gasteiger partial charge in [-0.15, -0.1) is 0 Å². The molecular formula is C35H40O11. The Labute approximate surface area is 267 Å². The summed E-state index contributed by atoms with van der Waals surface area (Å²) in [6.07, 6.45) is -3.57. The number of hydrogen-bond acceptors (Lipinski definition) is 11. The molecule has 11 heteroatoms. The van der Waals surface area contributed by atoms with Crippen LogP contribution in [-0.4, -0.2) is 80.9 Å². The third-order valence-electron chi connectivity index (χ3n) is 10.0. The highest BCUT2D eigenvalue weighted by Gasteiger charge is 2.85. The molecule has 2 N–H and O–H groups in total. The highest BCUT2D eigenvalue weighted by atomic mass is 16.6. The Morgan fingerprint density at radius 3 is 1.98 bits per heavy atom. The summed E-state index contributed by atoms with van der Waals surface area (Å²) in [6, 6.07) is 17.1. The van der Waals surface area contributed by atoms with E-state index in [2.05, 4.69) is 0 Å². The first-order valence-corrected chi connectivity index (χ1v) is 15.2. The van der Waals surface area contributed by atoms with Crippen LogP contribution in [0.3, 0.4) is 0 Å². The maximum Gasteiger partial charge on any atom is 0.338 e. The Bertz CT molecular complexity index is 1530. The van der Waals surface area contributed by atoms with Crippen LogP contribution in [0.25, 0.3) is 6.08 Å². The Morgan fingerprint density at radius 1 is 0.804 bits per heavy atom. The van der Waals surface area contributed by atoms with Crippen LogP contribution < -0.4 is 0 Å². The second-order valence-electron chi connectivity index (χ2n) is 13.2. The molecule has 1 spiro atoms. The number of benzene rings is 2. The minimum Gasteiger partial charge on any atom is -0.458 e. The van der Waals surface area contributed by atoms with E-state index in [1.807, 2.05) is 18.2 Å². The zero-order valence-electron chi connectivity index (χ0n) is 26.7. The van der Waals surface area contributed by atoms with Crippen molar-refractivity contribution in [2.75, 3.05) is 0 Å². The number of carbonyl (C=O) groups is 4. The van der Waals surface area contributed by atoms with Crippen molar-refractivity contribution in [1.29, 1.82) is 0 Å². The van der Waals surface area contributed by atoms with Gasteiger partial charge in [-0.1, -0.05) is 48.5 Å². The summed E-state index contributed by atoms with van der Waals surface area (Å²) in [7, 11) is 0. The van der Waals surface area contributed by atoms with Crippen LogP contribution >= 0.6 is 0 Å². The Balaban J connectivity index is 1.70. The molecule has 2 aromatic rings. The van der Waals surface area contributed by atoms with Gasteiger partial charge >= 0.3 is 23.9 Å². The van der Waals surface area contributed by atoms with Gasteiger partial charge in [-0.2, -0.15) is 0 Å². The van der Waals surface area contributed by atoms with Gasteiger partial charge in [-0.05, 0) is 51.5 Å². The molecule has 5 rings (SSSR count). The molecule has 46 heavy (non-hydrogen) atoms. The normalized spacial score (nSPS) is 35.9. The first-order chi connectivity index (χ1) is 21.5. The molecule has 11 nitrogen and oxygen atoms in total. The highest BCUT2D eigenvalue weighted by molar-refractivity contribution is 5.89. The van der Waals surface area contributed by atoms with Crippen molar-refractivity contribution in [2.24, 2.45) is 5.41 Å². The third kappa shape index (κ3) is 5.30. The number of aliphatic hydroxyl groups is 2. The fraction of sp³-hybridized carbons (Fsp3) is 0.486. The molecular weight excluding hydrogens is 596 g/mol. The molecule has 2 bridgehead atoms. The summed E-state index contributed by atoms with van der Waals surface area (Å²) in [4.78, 5) is 52.1. The van der Waals surface area contributed by atoms with E-state index in [1.54, 1.807) is 57.2 Å². The summed E-state index contributed by atoms with van der Waals surface area (Å²) in [5.74, 6) is -3.20. The van der Waals surface area contributed by atoms with E-state index in [1.165, 1.54) is 25.1 Å². The Hall–Kier alpha value is -4.06. The zero-order valence-corrected chi connectivity index (χ0v) is 26.7. The van der Waals surface area contributed by atoms with E-state index in [0.717, 1.165) is 19.4 Å². The predicted molar refractivity (Wildman–Crippen MR) is 163 cm³/mol. The summed E-state index contributed by atoms with van der Waals surface area (Å²) in [5, 5.41) is 24.6. The van der Waals surface area contributed by atoms with Gasteiger partial charge in [0.1, 0.15) is 17.3 Å². The van der Waals surface area contributed by atoms with E-state index in [-0.39, 0.29) is 18.4 Å². The van der Waals surface area contributed by atoms with Crippen molar-refractivity contribution >= 4 is 30.0 Å². The summed E-state index contributed by atoms with van der Waals surface area (Å²) < 4.78 is 30.3. The van der Waals surface area contributed by atoms with Gasteiger partial charge in [0.25, 0.3) is 0 Å². The topological polar surface area (TPSA) is 155 Å². The van der Waals surface area contributed by atoms with Crippen LogP contribution in [0.4, 0.5) is 0 Å². The third-order valence-corrected chi connectivity index (χ3v) is 10.0. The molecule has 3 aliphatic rings. The predicted octanol–water partition coefficient (Wildman–Crippen LogP) is 3.54. The molecule has 3 fully saturated rings. The number of hydrogen-bond donors (Lipinski definition) is 2. The fourth-order valence-electron chi connectivity index (χ4n) is 7.57. The number of carbonyl (C=O) groups excluding carboxylic acids is 4. The SMILES string of the molecule is CC(=O)O[C@H]1[C@H](OC(=O)c2ccccc2)[C@@]2(C)[C@@H](OC(=O)/C=C/c3ccccc3)C[C@]3(O)C[C@]2(OC3(C)C)[C@@](C)(O)[C@H]1OC(C)=O. The lowest BCUT2D eigenvalue weighted by atomic mass is 9.46. The molecule has 0 radical (unpaired) electrons. The zero-order chi connectivity index (χ0) is 33.7. The molecule has 8 atom stereocenters. The maximum atomic E-state index is 13.7. The molecule has 0 amide bonds. The van der Waals surface area contributed by atoms with Crippen LogP contribution in [0.15, 0.2) is 66.7 Å². The van der Waals surface area contributed by atoms with E-state index in [0.29, 0.717) is 0 Å². The van der Waals surface area contributed by atoms with E-state index in [9.17, 15) is 29.4 Å². The Morgan fingerprint density at radius 2 is 1.39 bits per heavy atom. The van der Waals surface area contributed by atoms with Crippen LogP contribution in [0.1, 0.15) is 70.3 Å². The second kappa shape index (κ2) is 11.6. The minimum atomic E-state index is -2.18. The van der Waals surface area contributed by atoms with Crippen molar-refractivity contribution in [2.45, 2.75) is 101 Å². The average molecular weight is 637 g/mol. The number of esters is 4. The van der Waals surface area contributed by atoms with Gasteiger partial charge in [0.2, 0.25) is 0 Å². The second-order valence-corrected chi connectivity index (χ2v) is 13.2. The van der Waals surface area contributed by atoms with Crippen LogP contribution in [0.5, 0.6) is 0 Å². The lowest BCUT2D eigenvalue weighted by Crippen LogP contribution is -2.83. The smallest absolute Gasteiger partial charge is 0.338 e. The van der Waals surface area contributed by atoms with Crippen LogP contribution in [-0.2, 0) is 38.1 Å². The molecule has 246 valence electrons. The van der Waals surface area contributed by atoms with Crippen LogP contribution in [0.2, 0.25) is 0 Å². The summed E-state index contributed by atoms with van der Waals surface area (Å²) in [6.45, 7) is 8.49. The standard InChI is InChI=1S/C35H40O11/c1-21(36)42-27-28(45-30(39)24-15-11-8-12-16-24)32(5)25(44-26(38)18-17-23-13-9-7-10-14-23)19-34(41)20-35(32,46-31(34,3)4)33(6,40)29(27)43-22(2)37/h7-18,25,27-29,40-41H,19-20H2,1-6H3/b18-17+/t25-,27-,28-,29-,32+,33-,34-,35+/m0/s1. The summed E-state index contributed by atoms with van der Waals surface area (Å²) >= 11 is 0. The van der Waals surface area contributed by atoms with Crippen molar-refractivity contribution in [3.63, 3.8) is 0 Å². The average Bonchev–Trinajstić information content (AvgIpc) is 3.19. The van der Waals surface area contributed by atoms with E-state index < -0.39 is 76.1 Å². The highest BCUT2D eigenvalue weighted by Crippen LogP contribution is 2.69. The van der Waals surface area contributed by atoms with Gasteiger partial charge in [-0.3, -0.25) is 9.59 Å². The summed E-state index contributed by atoms with van der Waals surface area (Å²) in [5.41, 5.74) is -7.83. The Kier molecular flexibility index (Phi) is 8.42. The number of ether oxygens (including phenoxy) is 5. The molecule has 2 saturated carbocycles. The fourth-order valence-corrected chi connectivity index (χ4v) is 7.57. The number of fused-ring (bicyclic) bond motifs is 1. The van der Waals surface area contributed by atoms with Crippen molar-refractivity contribution < 1.29 is 53.1 Å². The number of rotatable bonds is 7. The van der Waals surface area contributed by atoms with E-state index >= 15 is 0 Å². The lowest BCUT2D eigenvalue weighted by molar-refractivity contribution is -0.352. The van der Waals surface area contributed by atoms with Gasteiger partial charge in [0.05, 0.1) is 22.2 Å². The molecule has 1 saturated heterocycles. The van der Waals surface area contributed by atoms with E-state index in [4.69, 9.17) is 23.7 Å². The van der Waals surface area contributed by atoms with Gasteiger partial charge < -0.3 is 33.9 Å². The molecule has 1 aliphatic heterocycles. The van der Waals surface area contributed by atoms with Crippen molar-refractivity contribution in [3.8, 4) is 0 Å². The quantitative estimate of drug-likeness (QED) is 0.261. The monoisotopic (exact) mass is 636 g/mol. The minimum absolute atomic E-state index is 0.169. The largest absolute Gasteiger partial charge is 0.458 e. The first kappa shape index (κ1) is 33.3. The van der Waals surface area contributed by atoms with Crippen molar-refractivity contribution in [1.82, 2.24) is 0 Å². The molecule has 0 unspecified atom stereocenters. The molecule has 2 aliphatic carbocycles. The molecule has 0 aromatic heterocycles. The van der Waals surface area contributed by atoms with Crippen LogP contribution in [0, 0.1) is 5.41 Å². The molecule has 1 heterocycles. The van der Waals surface area contributed by atoms with Crippen molar-refractivity contribution in [3.05, 3.63) is 77.9 Å².